The zero-order valence-corrected chi connectivity index (χ0v) is 9.97. The molecule has 0 aliphatic carbocycles. The van der Waals surface area contributed by atoms with E-state index in [1.54, 1.807) is 0 Å². The Morgan fingerprint density at radius 3 is 2.71 bits per heavy atom. The van der Waals surface area contributed by atoms with Crippen LogP contribution in [0.25, 0.3) is 0 Å². The van der Waals surface area contributed by atoms with Crippen LogP contribution in [0.2, 0.25) is 0 Å². The van der Waals surface area contributed by atoms with Gasteiger partial charge in [0.15, 0.2) is 5.17 Å². The predicted molar refractivity (Wildman–Crippen MR) is 62.9 cm³/mol. The monoisotopic (exact) mass is 213 g/mol. The molecule has 2 aliphatic rings. The van der Waals surface area contributed by atoms with Gasteiger partial charge in [-0.3, -0.25) is 4.99 Å². The van der Waals surface area contributed by atoms with E-state index in [4.69, 9.17) is 0 Å². The quantitative estimate of drug-likeness (QED) is 0.705. The van der Waals surface area contributed by atoms with E-state index in [9.17, 15) is 0 Å². The van der Waals surface area contributed by atoms with Crippen molar-refractivity contribution in [1.29, 1.82) is 0 Å². The van der Waals surface area contributed by atoms with Crippen molar-refractivity contribution >= 4 is 16.9 Å². The summed E-state index contributed by atoms with van der Waals surface area (Å²) >= 11 is 1.87. The van der Waals surface area contributed by atoms with E-state index in [-0.39, 0.29) is 0 Å². The molecule has 0 amide bonds. The minimum absolute atomic E-state index is 0.483. The molecule has 1 fully saturated rings. The van der Waals surface area contributed by atoms with E-state index < -0.39 is 0 Å². The molecule has 0 aromatic heterocycles. The minimum atomic E-state index is 0.483. The first kappa shape index (κ1) is 10.3. The number of nitrogens with one attached hydrogen (secondary N) is 1. The number of hydrogen-bond acceptors (Lipinski definition) is 4. The number of nitrogens with zero attached hydrogens (tertiary/aromatic N) is 2. The highest BCUT2D eigenvalue weighted by Crippen LogP contribution is 2.22. The van der Waals surface area contributed by atoms with Crippen molar-refractivity contribution in [1.82, 2.24) is 10.2 Å². The molecule has 80 valence electrons. The third-order valence-corrected chi connectivity index (χ3v) is 4.21. The maximum absolute atomic E-state index is 4.66. The fourth-order valence-electron chi connectivity index (χ4n) is 1.74. The molecule has 0 bridgehead atoms. The molecule has 0 aromatic rings. The lowest BCUT2D eigenvalue weighted by molar-refractivity contribution is 0.178. The normalized spacial score (nSPS) is 34.9. The molecule has 14 heavy (non-hydrogen) atoms. The Morgan fingerprint density at radius 2 is 2.14 bits per heavy atom. The van der Waals surface area contributed by atoms with Crippen molar-refractivity contribution in [3.63, 3.8) is 0 Å². The Morgan fingerprint density at radius 1 is 1.43 bits per heavy atom. The van der Waals surface area contributed by atoms with E-state index in [1.165, 1.54) is 5.75 Å². The zero-order chi connectivity index (χ0) is 10.1. The molecule has 2 rings (SSSR count). The Balaban J connectivity index is 1.83. The van der Waals surface area contributed by atoms with Crippen molar-refractivity contribution in [2.45, 2.75) is 25.9 Å². The molecular formula is C10H19N3S. The number of amidine groups is 1. The second-order valence-electron chi connectivity index (χ2n) is 4.53. The van der Waals surface area contributed by atoms with Crippen molar-refractivity contribution in [2.75, 3.05) is 25.9 Å². The fourth-order valence-corrected chi connectivity index (χ4v) is 2.93. The number of rotatable bonds is 1. The van der Waals surface area contributed by atoms with Gasteiger partial charge in [-0.25, -0.2) is 0 Å². The van der Waals surface area contributed by atoms with Gasteiger partial charge in [0.1, 0.15) is 0 Å². The van der Waals surface area contributed by atoms with Crippen LogP contribution in [0, 0.1) is 5.92 Å². The number of likely N-dealkylation sites (N-methyl/N-ethyl adjacent to an activating group) is 1. The molecule has 1 saturated heterocycles. The first-order valence-corrected chi connectivity index (χ1v) is 6.29. The summed E-state index contributed by atoms with van der Waals surface area (Å²) in [5.41, 5.74) is 0. The summed E-state index contributed by atoms with van der Waals surface area (Å²) in [5, 5.41) is 4.67. The summed E-state index contributed by atoms with van der Waals surface area (Å²) in [6, 6.07) is 1.11. The fraction of sp³-hybridized carbons (Fsp3) is 0.900. The third-order valence-electron chi connectivity index (χ3n) is 3.02. The Labute approximate surface area is 90.3 Å². The number of aliphatic imine (C=N–C) groups is 1. The molecule has 0 aromatic carbocycles. The summed E-state index contributed by atoms with van der Waals surface area (Å²) in [5.74, 6) is 1.92. The predicted octanol–water partition coefficient (Wildman–Crippen LogP) is 1.02. The maximum Gasteiger partial charge on any atom is 0.157 e. The SMILES string of the molecule is CC1CSC(NC2CN(C)C2)=NC1C. The van der Waals surface area contributed by atoms with Crippen molar-refractivity contribution in [3.8, 4) is 0 Å². The molecule has 2 heterocycles. The van der Waals surface area contributed by atoms with Crippen LogP contribution in [-0.4, -0.2) is 48.0 Å². The lowest BCUT2D eigenvalue weighted by atomic mass is 10.1. The Kier molecular flexibility index (Phi) is 3.02. The highest BCUT2D eigenvalue weighted by atomic mass is 32.2. The molecule has 2 atom stereocenters. The standard InChI is InChI=1S/C10H19N3S/c1-7-6-14-10(11-8(7)2)12-9-4-13(3)5-9/h7-9H,4-6H2,1-3H3,(H,11,12). The average molecular weight is 213 g/mol. The van der Waals surface area contributed by atoms with Gasteiger partial charge in [-0.05, 0) is 19.9 Å². The van der Waals surface area contributed by atoms with E-state index >= 15 is 0 Å². The summed E-state index contributed by atoms with van der Waals surface area (Å²) in [4.78, 5) is 6.98. The van der Waals surface area contributed by atoms with Crippen LogP contribution in [0.5, 0.6) is 0 Å². The van der Waals surface area contributed by atoms with Crippen LogP contribution in [-0.2, 0) is 0 Å². The van der Waals surface area contributed by atoms with Gasteiger partial charge in [0.25, 0.3) is 0 Å². The number of likely N-dealkylation sites (tertiary alicyclic amines) is 1. The number of hydrogen-bond donors (Lipinski definition) is 1. The molecule has 2 unspecified atom stereocenters. The number of thioether (sulfide) groups is 1. The topological polar surface area (TPSA) is 27.6 Å². The van der Waals surface area contributed by atoms with Gasteiger partial charge in [-0.15, -0.1) is 0 Å². The van der Waals surface area contributed by atoms with Crippen LogP contribution in [0.4, 0.5) is 0 Å². The van der Waals surface area contributed by atoms with Gasteiger partial charge in [-0.1, -0.05) is 18.7 Å². The van der Waals surface area contributed by atoms with E-state index in [2.05, 4.69) is 36.1 Å². The van der Waals surface area contributed by atoms with Crippen molar-refractivity contribution in [3.05, 3.63) is 0 Å². The summed E-state index contributed by atoms with van der Waals surface area (Å²) in [7, 11) is 2.15. The third kappa shape index (κ3) is 2.23. The van der Waals surface area contributed by atoms with Crippen LogP contribution >= 0.6 is 11.8 Å². The second kappa shape index (κ2) is 4.11. The summed E-state index contributed by atoms with van der Waals surface area (Å²) in [6.07, 6.45) is 0. The molecule has 0 spiro atoms. The van der Waals surface area contributed by atoms with E-state index in [1.807, 2.05) is 11.8 Å². The van der Waals surface area contributed by atoms with Gasteiger partial charge < -0.3 is 10.2 Å². The first-order valence-electron chi connectivity index (χ1n) is 5.31. The Bertz CT molecular complexity index is 236. The van der Waals surface area contributed by atoms with Gasteiger partial charge >= 0.3 is 0 Å². The summed E-state index contributed by atoms with van der Waals surface area (Å²) < 4.78 is 0. The Hall–Kier alpha value is -0.220. The highest BCUT2D eigenvalue weighted by molar-refractivity contribution is 8.13. The van der Waals surface area contributed by atoms with Gasteiger partial charge in [-0.2, -0.15) is 0 Å². The van der Waals surface area contributed by atoms with Crippen molar-refractivity contribution in [2.24, 2.45) is 10.9 Å². The first-order chi connectivity index (χ1) is 6.65. The smallest absolute Gasteiger partial charge is 0.157 e. The van der Waals surface area contributed by atoms with Crippen LogP contribution < -0.4 is 5.32 Å². The largest absolute Gasteiger partial charge is 0.360 e. The molecule has 0 radical (unpaired) electrons. The molecular weight excluding hydrogens is 194 g/mol. The highest BCUT2D eigenvalue weighted by Gasteiger charge is 2.26. The van der Waals surface area contributed by atoms with Crippen LogP contribution in [0.1, 0.15) is 13.8 Å². The van der Waals surface area contributed by atoms with Gasteiger partial charge in [0, 0.05) is 18.8 Å². The lowest BCUT2D eigenvalue weighted by Crippen LogP contribution is -2.57. The van der Waals surface area contributed by atoms with Crippen molar-refractivity contribution < 1.29 is 0 Å². The molecule has 1 N–H and O–H groups in total. The maximum atomic E-state index is 4.66. The summed E-state index contributed by atoms with van der Waals surface area (Å²) in [6.45, 7) is 6.79. The van der Waals surface area contributed by atoms with E-state index in [0.29, 0.717) is 12.1 Å². The van der Waals surface area contributed by atoms with Gasteiger partial charge in [0.05, 0.1) is 12.1 Å². The molecule has 0 saturated carbocycles. The average Bonchev–Trinajstić information content (AvgIpc) is 2.09. The molecule has 2 aliphatic heterocycles. The molecule has 3 nitrogen and oxygen atoms in total. The van der Waals surface area contributed by atoms with Gasteiger partial charge in [0.2, 0.25) is 0 Å². The second-order valence-corrected chi connectivity index (χ2v) is 5.53. The van der Waals surface area contributed by atoms with Crippen LogP contribution in [0.3, 0.4) is 0 Å². The molecule has 4 heteroatoms. The minimum Gasteiger partial charge on any atom is -0.360 e. The lowest BCUT2D eigenvalue weighted by Gasteiger charge is -2.38. The van der Waals surface area contributed by atoms with Crippen LogP contribution in [0.15, 0.2) is 4.99 Å². The zero-order valence-electron chi connectivity index (χ0n) is 9.16. The van der Waals surface area contributed by atoms with E-state index in [0.717, 1.165) is 24.2 Å².